The Morgan fingerprint density at radius 1 is 0.410 bits per heavy atom. The highest BCUT2D eigenvalue weighted by Crippen LogP contribution is 2.43. The third kappa shape index (κ3) is 65.0. The zero-order chi connectivity index (χ0) is 60.7. The Kier molecular flexibility index (Phi) is 62.8. The quantitative estimate of drug-likeness (QED) is 0.0205. The molecule has 0 heterocycles. The monoisotopic (exact) mass is 1190 g/mol. The maximum Gasteiger partial charge on any atom is 0.472 e. The molecule has 0 aliphatic rings. The second-order valence-corrected chi connectivity index (χ2v) is 28.3. The summed E-state index contributed by atoms with van der Waals surface area (Å²) in [6, 6.07) is -0.841. The average Bonchev–Trinajstić information content (AvgIpc) is 3.52. The molecule has 0 aliphatic carbocycles. The number of quaternary nitrogens is 1. The van der Waals surface area contributed by atoms with E-state index in [0.29, 0.717) is 23.9 Å². The van der Waals surface area contributed by atoms with E-state index in [1.165, 1.54) is 302 Å². The Morgan fingerprint density at radius 3 is 0.988 bits per heavy atom. The SMILES string of the molecule is CCCCCCCCCCC/C=C/C(OC(=O)CCCCCCCCCCCCCCCCCCCCCCC)C(COP(=O)(O)OCC[N+](C)(C)C)NC(=O)CCCCCCCCCCCCCCCCCCCCCCCCCCC. The fourth-order valence-electron chi connectivity index (χ4n) is 11.5. The highest BCUT2D eigenvalue weighted by atomic mass is 31.2. The van der Waals surface area contributed by atoms with Crippen LogP contribution < -0.4 is 5.32 Å². The number of hydrogen-bond donors (Lipinski definition) is 2. The van der Waals surface area contributed by atoms with E-state index >= 15 is 0 Å². The first kappa shape index (κ1) is 81.8. The molecule has 0 radical (unpaired) electrons. The fourth-order valence-corrected chi connectivity index (χ4v) is 12.3. The molecule has 0 spiro atoms. The minimum absolute atomic E-state index is 0.0461. The van der Waals surface area contributed by atoms with Gasteiger partial charge in [0.25, 0.3) is 0 Å². The lowest BCUT2D eigenvalue weighted by atomic mass is 10.0. The smallest absolute Gasteiger partial charge is 0.456 e. The molecule has 0 saturated carbocycles. The molecule has 0 saturated heterocycles. The van der Waals surface area contributed by atoms with Crippen molar-refractivity contribution < 1.29 is 37.3 Å². The molecule has 0 aliphatic heterocycles. The molecule has 0 fully saturated rings. The molecule has 494 valence electrons. The Bertz CT molecular complexity index is 1420. The van der Waals surface area contributed by atoms with Gasteiger partial charge in [-0.1, -0.05) is 361 Å². The molecular formula is C73H146N2O7P+. The second kappa shape index (κ2) is 63.8. The van der Waals surface area contributed by atoms with Gasteiger partial charge in [-0.2, -0.15) is 0 Å². The Labute approximate surface area is 518 Å². The van der Waals surface area contributed by atoms with Crippen molar-refractivity contribution in [2.75, 3.05) is 40.9 Å². The van der Waals surface area contributed by atoms with Crippen LogP contribution in [0.4, 0.5) is 0 Å². The molecular weight excluding hydrogens is 1050 g/mol. The molecule has 0 aromatic rings. The van der Waals surface area contributed by atoms with Gasteiger partial charge in [-0.15, -0.1) is 0 Å². The minimum atomic E-state index is -4.45. The number of amides is 1. The van der Waals surface area contributed by atoms with E-state index in [9.17, 15) is 19.0 Å². The van der Waals surface area contributed by atoms with E-state index in [1.807, 2.05) is 27.2 Å². The van der Waals surface area contributed by atoms with Crippen LogP contribution in [0.5, 0.6) is 0 Å². The van der Waals surface area contributed by atoms with Crippen LogP contribution in [0.3, 0.4) is 0 Å². The largest absolute Gasteiger partial charge is 0.472 e. The number of allylic oxidation sites excluding steroid dienone is 1. The van der Waals surface area contributed by atoms with E-state index in [2.05, 4.69) is 32.2 Å². The van der Waals surface area contributed by atoms with Crippen LogP contribution in [0, 0.1) is 0 Å². The number of unbranched alkanes of at least 4 members (excludes halogenated alkanes) is 53. The van der Waals surface area contributed by atoms with Crippen LogP contribution in [0.25, 0.3) is 0 Å². The lowest BCUT2D eigenvalue weighted by molar-refractivity contribution is -0.870. The van der Waals surface area contributed by atoms with Crippen molar-refractivity contribution in [1.82, 2.24) is 5.32 Å². The molecule has 0 aromatic carbocycles. The molecule has 83 heavy (non-hydrogen) atoms. The summed E-state index contributed by atoms with van der Waals surface area (Å²) in [5.41, 5.74) is 0. The lowest BCUT2D eigenvalue weighted by Crippen LogP contribution is -2.47. The van der Waals surface area contributed by atoms with E-state index in [4.69, 9.17) is 13.8 Å². The van der Waals surface area contributed by atoms with Crippen LogP contribution in [0.2, 0.25) is 0 Å². The first-order valence-corrected chi connectivity index (χ1v) is 38.5. The predicted octanol–water partition coefficient (Wildman–Crippen LogP) is 23.5. The number of carbonyl (C=O) groups excluding carboxylic acids is 2. The highest BCUT2D eigenvalue weighted by Gasteiger charge is 2.30. The number of carbonyl (C=O) groups is 2. The Hall–Kier alpha value is -1.25. The van der Waals surface area contributed by atoms with Gasteiger partial charge in [-0.05, 0) is 31.8 Å². The normalized spacial score (nSPS) is 13.5. The topological polar surface area (TPSA) is 111 Å². The molecule has 1 amide bonds. The van der Waals surface area contributed by atoms with Gasteiger partial charge >= 0.3 is 13.8 Å². The Balaban J connectivity index is 4.92. The van der Waals surface area contributed by atoms with Gasteiger partial charge in [0.05, 0.1) is 33.8 Å². The number of nitrogens with one attached hydrogen (secondary N) is 1. The molecule has 0 bridgehead atoms. The fraction of sp³-hybridized carbons (Fsp3) is 0.945. The van der Waals surface area contributed by atoms with Crippen molar-refractivity contribution in [3.8, 4) is 0 Å². The number of esters is 1. The summed E-state index contributed by atoms with van der Waals surface area (Å²) in [4.78, 5) is 37.9. The van der Waals surface area contributed by atoms with Gasteiger partial charge in [0.1, 0.15) is 19.3 Å². The maximum absolute atomic E-state index is 13.6. The van der Waals surface area contributed by atoms with Gasteiger partial charge in [-0.3, -0.25) is 18.6 Å². The van der Waals surface area contributed by atoms with Gasteiger partial charge in [-0.25, -0.2) is 4.57 Å². The number of ether oxygens (including phenoxy) is 1. The third-order valence-electron chi connectivity index (χ3n) is 17.2. The zero-order valence-electron chi connectivity index (χ0n) is 56.7. The van der Waals surface area contributed by atoms with Crippen molar-refractivity contribution >= 4 is 19.7 Å². The summed E-state index contributed by atoms with van der Waals surface area (Å²) < 4.78 is 30.8. The summed E-state index contributed by atoms with van der Waals surface area (Å²) >= 11 is 0. The minimum Gasteiger partial charge on any atom is -0.456 e. The van der Waals surface area contributed by atoms with Crippen molar-refractivity contribution in [2.24, 2.45) is 0 Å². The maximum atomic E-state index is 13.6. The molecule has 3 unspecified atom stereocenters. The van der Waals surface area contributed by atoms with Crippen LogP contribution in [-0.4, -0.2) is 74.3 Å². The molecule has 9 nitrogen and oxygen atoms in total. The summed E-state index contributed by atoms with van der Waals surface area (Å²) in [5, 5.41) is 3.08. The van der Waals surface area contributed by atoms with E-state index in [1.54, 1.807) is 0 Å². The van der Waals surface area contributed by atoms with Crippen LogP contribution >= 0.6 is 7.82 Å². The van der Waals surface area contributed by atoms with Gasteiger partial charge < -0.3 is 19.4 Å². The summed E-state index contributed by atoms with van der Waals surface area (Å²) in [6.07, 6.45) is 76.7. The Morgan fingerprint density at radius 2 is 0.687 bits per heavy atom. The number of likely N-dealkylation sites (N-methyl/N-ethyl adjacent to an activating group) is 1. The number of phosphoric acid groups is 1. The number of phosphoric ester groups is 1. The van der Waals surface area contributed by atoms with Crippen molar-refractivity contribution in [2.45, 2.75) is 405 Å². The van der Waals surface area contributed by atoms with Crippen LogP contribution in [0.1, 0.15) is 393 Å². The predicted molar refractivity (Wildman–Crippen MR) is 360 cm³/mol. The average molecular weight is 1190 g/mol. The van der Waals surface area contributed by atoms with Crippen molar-refractivity contribution in [3.63, 3.8) is 0 Å². The molecule has 3 atom stereocenters. The summed E-state index contributed by atoms with van der Waals surface area (Å²) in [7, 11) is 1.52. The molecule has 2 N–H and O–H groups in total. The second-order valence-electron chi connectivity index (χ2n) is 26.8. The first-order chi connectivity index (χ1) is 40.4. The molecule has 0 aromatic heterocycles. The zero-order valence-corrected chi connectivity index (χ0v) is 57.6. The van der Waals surface area contributed by atoms with E-state index in [-0.39, 0.29) is 25.1 Å². The lowest BCUT2D eigenvalue weighted by Gasteiger charge is -2.27. The van der Waals surface area contributed by atoms with E-state index in [0.717, 1.165) is 57.8 Å². The van der Waals surface area contributed by atoms with Gasteiger partial charge in [0.15, 0.2) is 0 Å². The van der Waals surface area contributed by atoms with Crippen LogP contribution in [0.15, 0.2) is 12.2 Å². The molecule has 0 rings (SSSR count). The van der Waals surface area contributed by atoms with Crippen molar-refractivity contribution in [3.05, 3.63) is 12.2 Å². The first-order valence-electron chi connectivity index (χ1n) is 37.0. The molecule has 10 heteroatoms. The third-order valence-corrected chi connectivity index (χ3v) is 18.2. The number of nitrogens with zero attached hydrogens (tertiary/aromatic N) is 1. The van der Waals surface area contributed by atoms with Crippen LogP contribution in [-0.2, 0) is 27.9 Å². The summed E-state index contributed by atoms with van der Waals surface area (Å²) in [5.74, 6) is -0.476. The summed E-state index contributed by atoms with van der Waals surface area (Å²) in [6.45, 7) is 7.09. The van der Waals surface area contributed by atoms with Gasteiger partial charge in [0, 0.05) is 12.8 Å². The number of hydrogen-bond acceptors (Lipinski definition) is 6. The number of rotatable bonds is 69. The van der Waals surface area contributed by atoms with Gasteiger partial charge in [0.2, 0.25) is 5.91 Å². The standard InChI is InChI=1S/C73H145N2O7P/c1-7-10-13-16-19-22-25-27-29-31-33-35-36-37-38-40-41-43-45-47-50-53-56-59-62-65-72(76)74-70(69-81-83(78,79)80-68-67-75(4,5)6)71(64-61-58-55-52-49-24-21-18-15-12-9-3)82-73(77)66-63-60-57-54-51-48-46-44-42-39-34-32-30-28-26-23-20-17-14-11-8-2/h61,64,70-71H,7-60,62-63,65-69H2,1-6H3,(H-,74,76,78,79)/p+1/b64-61+. The van der Waals surface area contributed by atoms with E-state index < -0.39 is 20.0 Å². The highest BCUT2D eigenvalue weighted by molar-refractivity contribution is 7.47. The van der Waals surface area contributed by atoms with Crippen molar-refractivity contribution in [1.29, 1.82) is 0 Å².